The van der Waals surface area contributed by atoms with E-state index < -0.39 is 5.82 Å². The standard InChI is InChI=1S/C16H22FNO3/c1-21-15-6-2-11(10-13(15)17)3-7-16(20)18-14(8-9-19)12-4-5-12/h2,6,10,12,14,19H,3-5,7-9H2,1H3,(H,18,20). The Kier molecular flexibility index (Phi) is 5.56. The summed E-state index contributed by atoms with van der Waals surface area (Å²) >= 11 is 0. The molecule has 4 nitrogen and oxygen atoms in total. The van der Waals surface area contributed by atoms with E-state index in [9.17, 15) is 9.18 Å². The van der Waals surface area contributed by atoms with Crippen molar-refractivity contribution in [1.29, 1.82) is 0 Å². The molecule has 5 heteroatoms. The fourth-order valence-corrected chi connectivity index (χ4v) is 2.47. The number of hydrogen-bond acceptors (Lipinski definition) is 3. The molecule has 0 aliphatic heterocycles. The third-order valence-electron chi connectivity index (χ3n) is 3.83. The van der Waals surface area contributed by atoms with Gasteiger partial charge in [-0.05, 0) is 49.3 Å². The number of benzene rings is 1. The predicted octanol–water partition coefficient (Wildman–Crippen LogP) is 2.04. The van der Waals surface area contributed by atoms with Gasteiger partial charge in [0, 0.05) is 19.1 Å². The van der Waals surface area contributed by atoms with Crippen molar-refractivity contribution in [3.05, 3.63) is 29.6 Å². The van der Waals surface area contributed by atoms with Crippen LogP contribution in [0.1, 0.15) is 31.2 Å². The number of carbonyl (C=O) groups excluding carboxylic acids is 1. The van der Waals surface area contributed by atoms with Crippen LogP contribution in [0.4, 0.5) is 4.39 Å². The average Bonchev–Trinajstić information content (AvgIpc) is 3.29. The fraction of sp³-hybridized carbons (Fsp3) is 0.562. The molecule has 1 aliphatic carbocycles. The first-order chi connectivity index (χ1) is 10.1. The van der Waals surface area contributed by atoms with Gasteiger partial charge < -0.3 is 15.2 Å². The summed E-state index contributed by atoms with van der Waals surface area (Å²) in [7, 11) is 1.42. The predicted molar refractivity (Wildman–Crippen MR) is 77.6 cm³/mol. The maximum absolute atomic E-state index is 13.5. The Bertz CT molecular complexity index is 488. The molecular weight excluding hydrogens is 273 g/mol. The number of aryl methyl sites for hydroxylation is 1. The zero-order chi connectivity index (χ0) is 15.2. The van der Waals surface area contributed by atoms with Crippen molar-refractivity contribution in [2.24, 2.45) is 5.92 Å². The van der Waals surface area contributed by atoms with Crippen molar-refractivity contribution in [2.75, 3.05) is 13.7 Å². The van der Waals surface area contributed by atoms with E-state index in [-0.39, 0.29) is 24.3 Å². The smallest absolute Gasteiger partial charge is 0.220 e. The summed E-state index contributed by atoms with van der Waals surface area (Å²) in [6.45, 7) is 0.0884. The second-order valence-corrected chi connectivity index (χ2v) is 5.49. The summed E-state index contributed by atoms with van der Waals surface area (Å²) in [5, 5.41) is 12.0. The van der Waals surface area contributed by atoms with E-state index in [1.54, 1.807) is 12.1 Å². The van der Waals surface area contributed by atoms with Crippen LogP contribution < -0.4 is 10.1 Å². The van der Waals surface area contributed by atoms with Crippen LogP contribution in [0, 0.1) is 11.7 Å². The lowest BCUT2D eigenvalue weighted by molar-refractivity contribution is -0.122. The molecule has 1 aromatic rings. The third-order valence-corrected chi connectivity index (χ3v) is 3.83. The highest BCUT2D eigenvalue weighted by atomic mass is 19.1. The molecule has 2 N–H and O–H groups in total. The van der Waals surface area contributed by atoms with Gasteiger partial charge in [0.25, 0.3) is 0 Å². The number of aliphatic hydroxyl groups is 1. The topological polar surface area (TPSA) is 58.6 Å². The summed E-state index contributed by atoms with van der Waals surface area (Å²) in [5.41, 5.74) is 0.772. The van der Waals surface area contributed by atoms with E-state index in [4.69, 9.17) is 9.84 Å². The van der Waals surface area contributed by atoms with E-state index in [1.807, 2.05) is 0 Å². The van der Waals surface area contributed by atoms with Crippen LogP contribution in [0.5, 0.6) is 5.75 Å². The fourth-order valence-electron chi connectivity index (χ4n) is 2.47. The minimum Gasteiger partial charge on any atom is -0.494 e. The second kappa shape index (κ2) is 7.41. The zero-order valence-corrected chi connectivity index (χ0v) is 12.3. The van der Waals surface area contributed by atoms with Gasteiger partial charge in [0.15, 0.2) is 11.6 Å². The van der Waals surface area contributed by atoms with Crippen molar-refractivity contribution in [1.82, 2.24) is 5.32 Å². The highest BCUT2D eigenvalue weighted by Gasteiger charge is 2.31. The van der Waals surface area contributed by atoms with Crippen LogP contribution in [0.25, 0.3) is 0 Å². The lowest BCUT2D eigenvalue weighted by Gasteiger charge is -2.17. The number of rotatable bonds is 8. The van der Waals surface area contributed by atoms with Crippen molar-refractivity contribution in [3.63, 3.8) is 0 Å². The van der Waals surface area contributed by atoms with Crippen molar-refractivity contribution < 1.29 is 19.0 Å². The molecule has 2 rings (SSSR count). The molecule has 1 aliphatic rings. The SMILES string of the molecule is COc1ccc(CCC(=O)NC(CCO)C2CC2)cc1F. The van der Waals surface area contributed by atoms with Crippen LogP contribution in [0.2, 0.25) is 0 Å². The lowest BCUT2D eigenvalue weighted by Crippen LogP contribution is -2.37. The van der Waals surface area contributed by atoms with Gasteiger partial charge in [-0.2, -0.15) is 0 Å². The normalized spacial score (nSPS) is 15.6. The Morgan fingerprint density at radius 1 is 1.52 bits per heavy atom. The Hall–Kier alpha value is -1.62. The van der Waals surface area contributed by atoms with Crippen LogP contribution in [0.3, 0.4) is 0 Å². The number of methoxy groups -OCH3 is 1. The maximum atomic E-state index is 13.5. The monoisotopic (exact) mass is 295 g/mol. The first kappa shape index (κ1) is 15.8. The van der Waals surface area contributed by atoms with Gasteiger partial charge in [0.2, 0.25) is 5.91 Å². The van der Waals surface area contributed by atoms with E-state index in [0.717, 1.165) is 18.4 Å². The molecule has 0 radical (unpaired) electrons. The molecule has 0 aromatic heterocycles. The third kappa shape index (κ3) is 4.70. The highest BCUT2D eigenvalue weighted by molar-refractivity contribution is 5.76. The Morgan fingerprint density at radius 3 is 2.86 bits per heavy atom. The number of halogens is 1. The van der Waals surface area contributed by atoms with Gasteiger partial charge >= 0.3 is 0 Å². The van der Waals surface area contributed by atoms with Crippen LogP contribution in [-0.2, 0) is 11.2 Å². The molecular formula is C16H22FNO3. The second-order valence-electron chi connectivity index (χ2n) is 5.49. The molecule has 116 valence electrons. The minimum absolute atomic E-state index is 0.0448. The van der Waals surface area contributed by atoms with E-state index in [0.29, 0.717) is 25.2 Å². The quantitative estimate of drug-likeness (QED) is 0.771. The molecule has 1 saturated carbocycles. The summed E-state index contributed by atoms with van der Waals surface area (Å²) in [4.78, 5) is 11.9. The summed E-state index contributed by atoms with van der Waals surface area (Å²) in [6.07, 6.45) is 3.65. The molecule has 1 atom stereocenters. The number of hydrogen-bond donors (Lipinski definition) is 2. The number of nitrogens with one attached hydrogen (secondary N) is 1. The molecule has 0 spiro atoms. The lowest BCUT2D eigenvalue weighted by atomic mass is 10.1. The molecule has 1 unspecified atom stereocenters. The average molecular weight is 295 g/mol. The Labute approximate surface area is 124 Å². The molecule has 0 bridgehead atoms. The summed E-state index contributed by atoms with van der Waals surface area (Å²) < 4.78 is 18.4. The van der Waals surface area contributed by atoms with Gasteiger partial charge in [0.1, 0.15) is 0 Å². The van der Waals surface area contributed by atoms with Crippen LogP contribution in [0.15, 0.2) is 18.2 Å². The summed E-state index contributed by atoms with van der Waals surface area (Å²) in [6, 6.07) is 4.82. The van der Waals surface area contributed by atoms with E-state index in [1.165, 1.54) is 13.2 Å². The molecule has 1 amide bonds. The van der Waals surface area contributed by atoms with E-state index in [2.05, 4.69) is 5.32 Å². The van der Waals surface area contributed by atoms with Crippen LogP contribution in [-0.4, -0.2) is 30.8 Å². The number of amides is 1. The largest absolute Gasteiger partial charge is 0.494 e. The molecule has 0 saturated heterocycles. The first-order valence-corrected chi connectivity index (χ1v) is 7.36. The van der Waals surface area contributed by atoms with Crippen molar-refractivity contribution in [3.8, 4) is 5.75 Å². The maximum Gasteiger partial charge on any atom is 0.220 e. The number of ether oxygens (including phenoxy) is 1. The first-order valence-electron chi connectivity index (χ1n) is 7.36. The van der Waals surface area contributed by atoms with Gasteiger partial charge in [-0.3, -0.25) is 4.79 Å². The number of carbonyl (C=O) groups is 1. The minimum atomic E-state index is -0.411. The zero-order valence-electron chi connectivity index (χ0n) is 12.3. The van der Waals surface area contributed by atoms with Gasteiger partial charge in [-0.15, -0.1) is 0 Å². The summed E-state index contributed by atoms with van der Waals surface area (Å²) in [5.74, 6) is 0.266. The molecule has 21 heavy (non-hydrogen) atoms. The Morgan fingerprint density at radius 2 is 2.29 bits per heavy atom. The van der Waals surface area contributed by atoms with E-state index >= 15 is 0 Å². The van der Waals surface area contributed by atoms with Gasteiger partial charge in [-0.25, -0.2) is 4.39 Å². The molecule has 0 heterocycles. The van der Waals surface area contributed by atoms with Gasteiger partial charge in [-0.1, -0.05) is 6.07 Å². The van der Waals surface area contributed by atoms with Crippen LogP contribution >= 0.6 is 0 Å². The van der Waals surface area contributed by atoms with Crippen molar-refractivity contribution >= 4 is 5.91 Å². The van der Waals surface area contributed by atoms with Gasteiger partial charge in [0.05, 0.1) is 7.11 Å². The molecule has 1 aromatic carbocycles. The highest BCUT2D eigenvalue weighted by Crippen LogP contribution is 2.33. The Balaban J connectivity index is 1.81. The number of aliphatic hydroxyl groups excluding tert-OH is 1. The molecule has 1 fully saturated rings. The van der Waals surface area contributed by atoms with Crippen molar-refractivity contribution in [2.45, 2.75) is 38.1 Å².